The minimum absolute atomic E-state index is 0.401. The third-order valence-corrected chi connectivity index (χ3v) is 9.17. The number of aromatic nitrogens is 6. The Labute approximate surface area is 293 Å². The average molecular weight is 665 g/mol. The highest BCUT2D eigenvalue weighted by Crippen LogP contribution is 2.21. The lowest BCUT2D eigenvalue weighted by atomic mass is 10.1. The van der Waals surface area contributed by atoms with Crippen molar-refractivity contribution in [3.63, 3.8) is 0 Å². The maximum atomic E-state index is 4.76. The number of hydrogen-bond acceptors (Lipinski definition) is 9. The molecule has 2 fully saturated rings. The van der Waals surface area contributed by atoms with Gasteiger partial charge in [-0.25, -0.2) is 24.9 Å². The Morgan fingerprint density at radius 3 is 1.52 bits per heavy atom. The highest BCUT2D eigenvalue weighted by molar-refractivity contribution is 5.62. The van der Waals surface area contributed by atoms with E-state index in [4.69, 9.17) is 4.98 Å². The Hall–Kier alpha value is -5.45. The van der Waals surface area contributed by atoms with Gasteiger partial charge in [-0.3, -0.25) is 4.90 Å². The summed E-state index contributed by atoms with van der Waals surface area (Å²) in [7, 11) is 0. The molecule has 8 rings (SSSR count). The van der Waals surface area contributed by atoms with E-state index in [1.54, 1.807) is 0 Å². The summed E-state index contributed by atoms with van der Waals surface area (Å²) in [6.07, 6.45) is 14.0. The fourth-order valence-electron chi connectivity index (χ4n) is 6.35. The lowest BCUT2D eigenvalue weighted by Gasteiger charge is -2.31. The van der Waals surface area contributed by atoms with Crippen molar-refractivity contribution < 1.29 is 0 Å². The molecule has 0 atom stereocenters. The SMILES string of the molecule is c1ccc(-c2cnc(NC3CCN(Cc4c[nH]c(-c5ccccc5)n4)CC3)nc2)cc1.c1ccc(-c2cnc(NC3CCNCC3)nc2)cc1. The largest absolute Gasteiger partial charge is 0.351 e. The molecule has 10 nitrogen and oxygen atoms in total. The predicted octanol–water partition coefficient (Wildman–Crippen LogP) is 6.92. The molecule has 0 unspecified atom stereocenters. The number of aromatic amines is 1. The molecule has 0 radical (unpaired) electrons. The molecule has 5 heterocycles. The van der Waals surface area contributed by atoms with Gasteiger partial charge in [-0.05, 0) is 49.9 Å². The molecule has 2 aliphatic heterocycles. The van der Waals surface area contributed by atoms with Gasteiger partial charge in [0, 0.05) is 79.4 Å². The summed E-state index contributed by atoms with van der Waals surface area (Å²) in [6.45, 7) is 5.08. The molecule has 10 heteroatoms. The minimum Gasteiger partial charge on any atom is -0.351 e. The molecule has 254 valence electrons. The number of rotatable bonds is 9. The highest BCUT2D eigenvalue weighted by Gasteiger charge is 2.21. The van der Waals surface area contributed by atoms with Gasteiger partial charge < -0.3 is 20.9 Å². The van der Waals surface area contributed by atoms with E-state index in [1.807, 2.05) is 85.6 Å². The van der Waals surface area contributed by atoms with Crippen LogP contribution in [0.2, 0.25) is 0 Å². The summed E-state index contributed by atoms with van der Waals surface area (Å²) in [4.78, 5) is 28.4. The monoisotopic (exact) mass is 664 g/mol. The fourth-order valence-corrected chi connectivity index (χ4v) is 6.35. The van der Waals surface area contributed by atoms with E-state index in [9.17, 15) is 0 Å². The first-order valence-corrected chi connectivity index (χ1v) is 17.6. The van der Waals surface area contributed by atoms with E-state index in [0.717, 1.165) is 104 Å². The van der Waals surface area contributed by atoms with E-state index in [0.29, 0.717) is 18.0 Å². The van der Waals surface area contributed by atoms with Crippen molar-refractivity contribution in [1.82, 2.24) is 40.1 Å². The number of nitrogens with zero attached hydrogens (tertiary/aromatic N) is 6. The van der Waals surface area contributed by atoms with Crippen LogP contribution in [0.1, 0.15) is 31.4 Å². The van der Waals surface area contributed by atoms with Gasteiger partial charge in [-0.15, -0.1) is 0 Å². The van der Waals surface area contributed by atoms with Crippen LogP contribution in [-0.2, 0) is 6.54 Å². The summed E-state index contributed by atoms with van der Waals surface area (Å²) in [6, 6.07) is 31.6. The van der Waals surface area contributed by atoms with Crippen molar-refractivity contribution >= 4 is 11.9 Å². The van der Waals surface area contributed by atoms with Crippen LogP contribution in [0.4, 0.5) is 11.9 Å². The average Bonchev–Trinajstić information content (AvgIpc) is 3.66. The zero-order valence-corrected chi connectivity index (χ0v) is 28.2. The molecule has 3 aromatic carbocycles. The molecule has 2 aliphatic rings. The number of piperidine rings is 2. The number of likely N-dealkylation sites (tertiary alicyclic amines) is 1. The first-order valence-electron chi connectivity index (χ1n) is 17.6. The van der Waals surface area contributed by atoms with Crippen LogP contribution >= 0.6 is 0 Å². The van der Waals surface area contributed by atoms with Crippen LogP contribution in [0.5, 0.6) is 0 Å². The zero-order chi connectivity index (χ0) is 33.8. The van der Waals surface area contributed by atoms with E-state index in [1.165, 1.54) is 0 Å². The molecule has 0 saturated carbocycles. The Morgan fingerprint density at radius 1 is 0.560 bits per heavy atom. The Kier molecular flexibility index (Phi) is 11.1. The van der Waals surface area contributed by atoms with Crippen molar-refractivity contribution in [3.05, 3.63) is 128 Å². The van der Waals surface area contributed by atoms with Crippen LogP contribution in [0, 0.1) is 0 Å². The van der Waals surface area contributed by atoms with Gasteiger partial charge in [0.2, 0.25) is 11.9 Å². The number of benzene rings is 3. The second kappa shape index (κ2) is 16.8. The number of imidazole rings is 1. The lowest BCUT2D eigenvalue weighted by Crippen LogP contribution is -2.39. The summed E-state index contributed by atoms with van der Waals surface area (Å²) in [5.41, 5.74) is 6.58. The fraction of sp³-hybridized carbons (Fsp3) is 0.275. The number of nitrogens with one attached hydrogen (secondary N) is 4. The molecule has 2 saturated heterocycles. The third-order valence-electron chi connectivity index (χ3n) is 9.17. The van der Waals surface area contributed by atoms with Crippen molar-refractivity contribution in [3.8, 4) is 33.6 Å². The first-order chi connectivity index (χ1) is 24.7. The lowest BCUT2D eigenvalue weighted by molar-refractivity contribution is 0.209. The van der Waals surface area contributed by atoms with Gasteiger partial charge in [-0.2, -0.15) is 0 Å². The standard InChI is InChI=1S/C25H26N6.C15H18N4/c1-3-7-19(8-4-1)21-15-27-25(28-16-21)30-22-11-13-31(14-12-22)18-23-17-26-24(29-23)20-9-5-2-6-10-20;1-2-4-12(5-3-1)13-10-17-15(18-11-13)19-14-6-8-16-9-7-14/h1-10,15-17,22H,11-14,18H2,(H,26,29)(H,27,28,30);1-5,10-11,14,16H,6-9H2,(H,17,18,19). The molecule has 0 amide bonds. The van der Waals surface area contributed by atoms with Gasteiger partial charge in [0.1, 0.15) is 5.82 Å². The number of H-pyrrole nitrogens is 1. The van der Waals surface area contributed by atoms with Gasteiger partial charge in [0.15, 0.2) is 0 Å². The van der Waals surface area contributed by atoms with E-state index >= 15 is 0 Å². The maximum Gasteiger partial charge on any atom is 0.222 e. The third kappa shape index (κ3) is 9.16. The van der Waals surface area contributed by atoms with Crippen LogP contribution in [0.3, 0.4) is 0 Å². The second-order valence-corrected chi connectivity index (χ2v) is 12.8. The predicted molar refractivity (Wildman–Crippen MR) is 200 cm³/mol. The summed E-state index contributed by atoms with van der Waals surface area (Å²) in [5.74, 6) is 2.37. The molecule has 4 N–H and O–H groups in total. The van der Waals surface area contributed by atoms with Crippen molar-refractivity contribution in [2.75, 3.05) is 36.8 Å². The summed E-state index contributed by atoms with van der Waals surface area (Å²) < 4.78 is 0. The molecule has 0 aliphatic carbocycles. The molecular weight excluding hydrogens is 621 g/mol. The van der Waals surface area contributed by atoms with Crippen LogP contribution in [0.25, 0.3) is 33.6 Å². The Morgan fingerprint density at radius 2 is 1.02 bits per heavy atom. The maximum absolute atomic E-state index is 4.76. The van der Waals surface area contributed by atoms with Crippen LogP contribution in [-0.4, -0.2) is 73.1 Å². The molecule has 0 spiro atoms. The summed E-state index contributed by atoms with van der Waals surface area (Å²) in [5, 5.41) is 10.2. The van der Waals surface area contributed by atoms with Crippen LogP contribution < -0.4 is 16.0 Å². The zero-order valence-electron chi connectivity index (χ0n) is 28.2. The van der Waals surface area contributed by atoms with Crippen molar-refractivity contribution in [2.45, 2.75) is 44.3 Å². The molecule has 3 aromatic heterocycles. The van der Waals surface area contributed by atoms with Gasteiger partial charge in [0.25, 0.3) is 0 Å². The Bertz CT molecular complexity index is 1850. The highest BCUT2D eigenvalue weighted by atomic mass is 15.2. The van der Waals surface area contributed by atoms with Gasteiger partial charge in [0.05, 0.1) is 5.69 Å². The number of anilines is 2. The van der Waals surface area contributed by atoms with Gasteiger partial charge >= 0.3 is 0 Å². The molecule has 50 heavy (non-hydrogen) atoms. The smallest absolute Gasteiger partial charge is 0.222 e. The minimum atomic E-state index is 0.401. The van der Waals surface area contributed by atoms with Gasteiger partial charge in [-0.1, -0.05) is 91.0 Å². The van der Waals surface area contributed by atoms with E-state index in [2.05, 4.69) is 82.2 Å². The van der Waals surface area contributed by atoms with Crippen LogP contribution in [0.15, 0.2) is 122 Å². The molecule has 0 bridgehead atoms. The Balaban J connectivity index is 0.000000176. The molecular formula is C40H44N10. The quantitative estimate of drug-likeness (QED) is 0.131. The topological polar surface area (TPSA) is 120 Å². The van der Waals surface area contributed by atoms with E-state index in [-0.39, 0.29) is 0 Å². The first kappa shape index (κ1) is 33.1. The normalized spacial score (nSPS) is 15.5. The van der Waals surface area contributed by atoms with E-state index < -0.39 is 0 Å². The second-order valence-electron chi connectivity index (χ2n) is 12.8. The summed E-state index contributed by atoms with van der Waals surface area (Å²) >= 11 is 0. The van der Waals surface area contributed by atoms with Crippen molar-refractivity contribution in [2.24, 2.45) is 0 Å². The van der Waals surface area contributed by atoms with Crippen molar-refractivity contribution in [1.29, 1.82) is 0 Å². The molecule has 6 aromatic rings. The number of hydrogen-bond donors (Lipinski definition) is 4.